The van der Waals surface area contributed by atoms with Crippen molar-refractivity contribution in [3.05, 3.63) is 119 Å². The predicted octanol–water partition coefficient (Wildman–Crippen LogP) is 3.80. The zero-order valence-electron chi connectivity index (χ0n) is 25.2. The molecule has 2 aromatic heterocycles. The van der Waals surface area contributed by atoms with Gasteiger partial charge in [0.2, 0.25) is 11.2 Å². The summed E-state index contributed by atoms with van der Waals surface area (Å²) >= 11 is 6.37. The van der Waals surface area contributed by atoms with Gasteiger partial charge in [0.05, 0.1) is 18.4 Å². The van der Waals surface area contributed by atoms with Crippen molar-refractivity contribution in [1.29, 1.82) is 0 Å². The smallest absolute Gasteiger partial charge is 0.407 e. The Kier molecular flexibility index (Phi) is 9.91. The average molecular weight is 656 g/mol. The molecule has 1 saturated carbocycles. The van der Waals surface area contributed by atoms with Crippen LogP contribution in [0.15, 0.2) is 97.3 Å². The van der Waals surface area contributed by atoms with Gasteiger partial charge in [-0.05, 0) is 34.7 Å². The van der Waals surface area contributed by atoms with Crippen molar-refractivity contribution in [1.82, 2.24) is 30.2 Å². The van der Waals surface area contributed by atoms with Crippen molar-refractivity contribution in [3.8, 4) is 0 Å². The number of benzene rings is 3. The van der Waals surface area contributed by atoms with E-state index in [0.717, 1.165) is 16.7 Å². The molecule has 2 amide bonds. The molecular weight excluding hydrogens is 622 g/mol. The van der Waals surface area contributed by atoms with Crippen LogP contribution in [0.25, 0.3) is 11.2 Å². The van der Waals surface area contributed by atoms with E-state index in [0.29, 0.717) is 23.5 Å². The lowest BCUT2D eigenvalue weighted by Crippen LogP contribution is -2.46. The van der Waals surface area contributed by atoms with E-state index < -0.39 is 36.3 Å². The molecule has 6 rings (SSSR count). The third-order valence-corrected chi connectivity index (χ3v) is 8.40. The van der Waals surface area contributed by atoms with E-state index in [-0.39, 0.29) is 30.8 Å². The van der Waals surface area contributed by atoms with Gasteiger partial charge in [-0.15, -0.1) is 0 Å². The number of carbonyl (C=O) groups excluding carboxylic acids is 2. The molecule has 13 heteroatoms. The molecule has 242 valence electrons. The number of fused-ring (bicyclic) bond motifs is 1. The van der Waals surface area contributed by atoms with Gasteiger partial charge in [-0.1, -0.05) is 91.0 Å². The highest BCUT2D eigenvalue weighted by atomic mass is 35.5. The maximum Gasteiger partial charge on any atom is 0.407 e. The molecule has 1 aliphatic carbocycles. The number of nitrogens with zero attached hydrogens (tertiary/aromatic N) is 4. The van der Waals surface area contributed by atoms with Crippen LogP contribution >= 0.6 is 11.6 Å². The number of carbonyl (C=O) groups is 2. The van der Waals surface area contributed by atoms with Crippen molar-refractivity contribution in [2.75, 3.05) is 18.4 Å². The molecular formula is C34H34ClN7O5. The fourth-order valence-electron chi connectivity index (χ4n) is 5.86. The van der Waals surface area contributed by atoms with Gasteiger partial charge in [0.15, 0.2) is 17.0 Å². The Bertz CT molecular complexity index is 1770. The van der Waals surface area contributed by atoms with Gasteiger partial charge in [0.25, 0.3) is 0 Å². The Morgan fingerprint density at radius 3 is 2.21 bits per heavy atom. The molecule has 0 saturated heterocycles. The van der Waals surface area contributed by atoms with Crippen LogP contribution in [0.1, 0.15) is 35.1 Å². The third kappa shape index (κ3) is 7.51. The van der Waals surface area contributed by atoms with Crippen molar-refractivity contribution in [2.24, 2.45) is 0 Å². The molecule has 3 aromatic carbocycles. The molecule has 1 fully saturated rings. The van der Waals surface area contributed by atoms with E-state index in [2.05, 4.69) is 55.2 Å². The minimum atomic E-state index is -1.28. The number of ether oxygens (including phenoxy) is 1. The van der Waals surface area contributed by atoms with Crippen LogP contribution in [0, 0.1) is 0 Å². The van der Waals surface area contributed by atoms with Gasteiger partial charge in [-0.25, -0.2) is 9.78 Å². The molecule has 1 aliphatic rings. The number of amides is 2. The third-order valence-electron chi connectivity index (χ3n) is 8.23. The maximum atomic E-state index is 12.6. The minimum Gasteiger partial charge on any atom is -0.445 e. The number of alkyl carbamates (subject to hydrolysis) is 1. The van der Waals surface area contributed by atoms with Crippen LogP contribution in [0.2, 0.25) is 5.28 Å². The first kappa shape index (κ1) is 31.9. The number of nitrogens with one attached hydrogen (secondary N) is 3. The van der Waals surface area contributed by atoms with Crippen LogP contribution < -0.4 is 16.0 Å². The van der Waals surface area contributed by atoms with Crippen LogP contribution in [-0.2, 0) is 16.1 Å². The quantitative estimate of drug-likeness (QED) is 0.133. The number of aromatic nitrogens is 4. The first-order valence-electron chi connectivity index (χ1n) is 15.2. The molecule has 3 unspecified atom stereocenters. The summed E-state index contributed by atoms with van der Waals surface area (Å²) < 4.78 is 6.77. The molecule has 0 bridgehead atoms. The lowest BCUT2D eigenvalue weighted by Gasteiger charge is -2.20. The number of aliphatic hydroxyl groups excluding tert-OH is 2. The zero-order valence-corrected chi connectivity index (χ0v) is 26.0. The van der Waals surface area contributed by atoms with Crippen LogP contribution in [0.5, 0.6) is 0 Å². The molecule has 47 heavy (non-hydrogen) atoms. The Morgan fingerprint density at radius 1 is 0.915 bits per heavy atom. The highest BCUT2D eigenvalue weighted by Crippen LogP contribution is 2.35. The summed E-state index contributed by atoms with van der Waals surface area (Å²) in [6, 6.07) is 27.9. The van der Waals surface area contributed by atoms with Crippen LogP contribution in [0.4, 0.5) is 10.6 Å². The van der Waals surface area contributed by atoms with Crippen molar-refractivity contribution < 1.29 is 24.5 Å². The monoisotopic (exact) mass is 655 g/mol. The standard InChI is InChI=1S/C34H34ClN7O5/c35-33-40-31(36-17-24(22-12-6-2-7-13-22)23-14-8-3-9-15-23)28-32(41-33)42(20-38-28)26-16-25(29(44)30(26)45)39-27(43)18-37-34(46)47-19-21-10-4-1-5-11-21/h1-15,20,24-26,29-30,44-45H,16-19H2,(H,37,46)(H,39,43)(H,36,40,41)/t25-,26?,29?,30?/m0/s1. The van der Waals surface area contributed by atoms with E-state index >= 15 is 0 Å². The van der Waals surface area contributed by atoms with E-state index in [1.54, 1.807) is 4.57 Å². The fraction of sp³-hybridized carbons (Fsp3) is 0.265. The molecule has 4 atom stereocenters. The van der Waals surface area contributed by atoms with E-state index in [4.69, 9.17) is 16.3 Å². The summed E-state index contributed by atoms with van der Waals surface area (Å²) in [5.74, 6) is -0.101. The van der Waals surface area contributed by atoms with Crippen LogP contribution in [0.3, 0.4) is 0 Å². The highest BCUT2D eigenvalue weighted by Gasteiger charge is 2.44. The summed E-state index contributed by atoms with van der Waals surface area (Å²) in [4.78, 5) is 38.0. The Hall–Kier alpha value is -5.04. The highest BCUT2D eigenvalue weighted by molar-refractivity contribution is 6.28. The van der Waals surface area contributed by atoms with E-state index in [9.17, 15) is 19.8 Å². The Labute approximate surface area is 275 Å². The average Bonchev–Trinajstić information content (AvgIpc) is 3.64. The van der Waals surface area contributed by atoms with Gasteiger partial charge in [-0.3, -0.25) is 4.79 Å². The number of rotatable bonds is 11. The summed E-state index contributed by atoms with van der Waals surface area (Å²) in [7, 11) is 0. The number of aliphatic hydroxyl groups is 2. The number of imidazole rings is 1. The summed E-state index contributed by atoms with van der Waals surface area (Å²) in [6.45, 7) is 0.195. The normalized spacial score (nSPS) is 19.1. The van der Waals surface area contributed by atoms with E-state index in [1.165, 1.54) is 6.33 Å². The molecule has 12 nitrogen and oxygen atoms in total. The fourth-order valence-corrected chi connectivity index (χ4v) is 6.03. The topological polar surface area (TPSA) is 164 Å². The Morgan fingerprint density at radius 2 is 1.55 bits per heavy atom. The van der Waals surface area contributed by atoms with Gasteiger partial charge in [-0.2, -0.15) is 9.97 Å². The number of hydrogen-bond donors (Lipinski definition) is 5. The number of hydrogen-bond acceptors (Lipinski definition) is 9. The number of halogens is 1. The maximum absolute atomic E-state index is 12.6. The summed E-state index contributed by atoms with van der Waals surface area (Å²) in [5, 5.41) is 30.3. The summed E-state index contributed by atoms with van der Waals surface area (Å²) in [5.41, 5.74) is 3.88. The SMILES string of the molecule is O=C(CNC(=O)OCc1ccccc1)N[C@H]1CC(n2cnc3c(NCC(c4ccccc4)c4ccccc4)nc(Cl)nc32)C(O)C1O. The largest absolute Gasteiger partial charge is 0.445 e. The summed E-state index contributed by atoms with van der Waals surface area (Å²) in [6.07, 6.45) is -1.58. The second-order valence-corrected chi connectivity index (χ2v) is 11.6. The minimum absolute atomic E-state index is 0.0131. The molecule has 5 N–H and O–H groups in total. The number of anilines is 1. The van der Waals surface area contributed by atoms with Gasteiger partial charge >= 0.3 is 6.09 Å². The van der Waals surface area contributed by atoms with Gasteiger partial charge < -0.3 is 35.5 Å². The lowest BCUT2D eigenvalue weighted by atomic mass is 9.91. The predicted molar refractivity (Wildman–Crippen MR) is 176 cm³/mol. The molecule has 5 aromatic rings. The lowest BCUT2D eigenvalue weighted by molar-refractivity contribution is -0.121. The van der Waals surface area contributed by atoms with Crippen molar-refractivity contribution >= 4 is 40.6 Å². The molecule has 0 spiro atoms. The van der Waals surface area contributed by atoms with Crippen LogP contribution in [-0.4, -0.2) is 73.1 Å². The second-order valence-electron chi connectivity index (χ2n) is 11.3. The first-order valence-corrected chi connectivity index (χ1v) is 15.6. The Balaban J connectivity index is 1.11. The van der Waals surface area contributed by atoms with Gasteiger partial charge in [0, 0.05) is 12.5 Å². The van der Waals surface area contributed by atoms with E-state index in [1.807, 2.05) is 66.7 Å². The van der Waals surface area contributed by atoms with Gasteiger partial charge in [0.1, 0.15) is 25.4 Å². The van der Waals surface area contributed by atoms with Crippen molar-refractivity contribution in [2.45, 2.75) is 43.2 Å². The molecule has 0 aliphatic heterocycles. The zero-order chi connectivity index (χ0) is 32.8. The molecule has 0 radical (unpaired) electrons. The second kappa shape index (κ2) is 14.6. The van der Waals surface area contributed by atoms with Crippen molar-refractivity contribution in [3.63, 3.8) is 0 Å². The molecule has 2 heterocycles. The first-order chi connectivity index (χ1) is 22.9.